The predicted octanol–water partition coefficient (Wildman–Crippen LogP) is 2.63. The van der Waals surface area contributed by atoms with Crippen molar-refractivity contribution < 1.29 is 9.47 Å². The number of rotatable bonds is 7. The molecule has 0 aromatic rings. The van der Waals surface area contributed by atoms with Crippen LogP contribution in [0.2, 0.25) is 0 Å². The first-order valence-electron chi connectivity index (χ1n) is 5.20. The summed E-state index contributed by atoms with van der Waals surface area (Å²) in [6.07, 6.45) is 0.972. The van der Waals surface area contributed by atoms with Crippen LogP contribution in [0.25, 0.3) is 0 Å². The highest BCUT2D eigenvalue weighted by Gasteiger charge is 2.23. The van der Waals surface area contributed by atoms with Gasteiger partial charge in [-0.1, -0.05) is 20.8 Å². The summed E-state index contributed by atoms with van der Waals surface area (Å²) in [5.41, 5.74) is 0.281. The molecule has 0 spiro atoms. The van der Waals surface area contributed by atoms with E-state index in [9.17, 15) is 0 Å². The van der Waals surface area contributed by atoms with Crippen molar-refractivity contribution in [1.82, 2.24) is 0 Å². The van der Waals surface area contributed by atoms with E-state index in [0.717, 1.165) is 32.0 Å². The monoisotopic (exact) mass is 220 g/mol. The van der Waals surface area contributed by atoms with E-state index in [4.69, 9.17) is 9.47 Å². The Balaban J connectivity index is 3.54. The maximum atomic E-state index is 5.59. The van der Waals surface area contributed by atoms with Crippen molar-refractivity contribution in [2.45, 2.75) is 27.2 Å². The first kappa shape index (κ1) is 14.3. The summed E-state index contributed by atoms with van der Waals surface area (Å²) < 4.78 is 10.5. The molecule has 0 fully saturated rings. The Morgan fingerprint density at radius 2 is 1.86 bits per heavy atom. The van der Waals surface area contributed by atoms with Gasteiger partial charge in [0.05, 0.1) is 6.61 Å². The summed E-state index contributed by atoms with van der Waals surface area (Å²) in [5, 5.41) is 0. The lowest BCUT2D eigenvalue weighted by Crippen LogP contribution is -2.27. The summed E-state index contributed by atoms with van der Waals surface area (Å²) in [7, 11) is 1.71. The third-order valence-electron chi connectivity index (χ3n) is 2.40. The number of ether oxygens (including phenoxy) is 2. The molecule has 0 amide bonds. The van der Waals surface area contributed by atoms with Crippen LogP contribution in [0.4, 0.5) is 0 Å². The average Bonchev–Trinajstić information content (AvgIpc) is 2.09. The largest absolute Gasteiger partial charge is 0.385 e. The third-order valence-corrected chi connectivity index (χ3v) is 2.84. The fraction of sp³-hybridized carbons (Fsp3) is 1.00. The van der Waals surface area contributed by atoms with Crippen LogP contribution in [-0.4, -0.2) is 32.7 Å². The second kappa shape index (κ2) is 7.55. The molecule has 0 bridgehead atoms. The van der Waals surface area contributed by atoms with Gasteiger partial charge in [0.15, 0.2) is 0 Å². The minimum Gasteiger partial charge on any atom is -0.385 e. The zero-order chi connectivity index (χ0) is 11.0. The third kappa shape index (κ3) is 6.68. The molecule has 1 atom stereocenters. The van der Waals surface area contributed by atoms with E-state index in [1.54, 1.807) is 7.11 Å². The summed E-state index contributed by atoms with van der Waals surface area (Å²) in [5.74, 6) is 1.40. The molecule has 3 heteroatoms. The van der Waals surface area contributed by atoms with E-state index >= 15 is 0 Å². The van der Waals surface area contributed by atoms with Crippen LogP contribution in [0.5, 0.6) is 0 Å². The van der Waals surface area contributed by atoms with Crippen molar-refractivity contribution in [3.05, 3.63) is 0 Å². The van der Waals surface area contributed by atoms with E-state index in [1.165, 1.54) is 0 Å². The number of thiol groups is 1. The van der Waals surface area contributed by atoms with E-state index in [-0.39, 0.29) is 5.41 Å². The SMILES string of the molecule is COCCCOCC(CS)C(C)(C)C. The summed E-state index contributed by atoms with van der Waals surface area (Å²) in [6.45, 7) is 9.05. The van der Waals surface area contributed by atoms with Gasteiger partial charge in [0, 0.05) is 20.3 Å². The minimum atomic E-state index is 0.281. The van der Waals surface area contributed by atoms with Gasteiger partial charge in [0.2, 0.25) is 0 Å². The van der Waals surface area contributed by atoms with Gasteiger partial charge in [0.1, 0.15) is 0 Å². The highest BCUT2D eigenvalue weighted by Crippen LogP contribution is 2.26. The quantitative estimate of drug-likeness (QED) is 0.525. The van der Waals surface area contributed by atoms with Gasteiger partial charge in [-0.15, -0.1) is 0 Å². The van der Waals surface area contributed by atoms with Crippen molar-refractivity contribution in [2.75, 3.05) is 32.7 Å². The molecule has 0 aliphatic heterocycles. The van der Waals surface area contributed by atoms with Crippen molar-refractivity contribution in [3.63, 3.8) is 0 Å². The molecule has 0 aliphatic rings. The van der Waals surface area contributed by atoms with Crippen molar-refractivity contribution >= 4 is 12.6 Å². The molecule has 0 aromatic carbocycles. The van der Waals surface area contributed by atoms with E-state index in [0.29, 0.717) is 5.92 Å². The Bertz CT molecular complexity index is 132. The number of methoxy groups -OCH3 is 1. The summed E-state index contributed by atoms with van der Waals surface area (Å²) in [4.78, 5) is 0. The molecule has 0 rings (SSSR count). The van der Waals surface area contributed by atoms with Crippen molar-refractivity contribution in [2.24, 2.45) is 11.3 Å². The van der Waals surface area contributed by atoms with Crippen LogP contribution in [-0.2, 0) is 9.47 Å². The maximum Gasteiger partial charge on any atom is 0.0507 e. The molecule has 86 valence electrons. The summed E-state index contributed by atoms with van der Waals surface area (Å²) in [6, 6.07) is 0. The van der Waals surface area contributed by atoms with Crippen LogP contribution in [0.3, 0.4) is 0 Å². The molecule has 2 nitrogen and oxygen atoms in total. The smallest absolute Gasteiger partial charge is 0.0507 e. The Morgan fingerprint density at radius 1 is 1.21 bits per heavy atom. The fourth-order valence-electron chi connectivity index (χ4n) is 1.11. The number of hydrogen-bond acceptors (Lipinski definition) is 3. The van der Waals surface area contributed by atoms with Crippen LogP contribution in [0.15, 0.2) is 0 Å². The van der Waals surface area contributed by atoms with Gasteiger partial charge in [-0.2, -0.15) is 12.6 Å². The molecule has 1 unspecified atom stereocenters. The molecule has 0 saturated carbocycles. The van der Waals surface area contributed by atoms with Gasteiger partial charge < -0.3 is 9.47 Å². The van der Waals surface area contributed by atoms with Gasteiger partial charge >= 0.3 is 0 Å². The Labute approximate surface area is 93.8 Å². The lowest BCUT2D eigenvalue weighted by Gasteiger charge is -2.29. The van der Waals surface area contributed by atoms with Gasteiger partial charge in [-0.25, -0.2) is 0 Å². The molecule has 14 heavy (non-hydrogen) atoms. The average molecular weight is 220 g/mol. The van der Waals surface area contributed by atoms with E-state index < -0.39 is 0 Å². The zero-order valence-corrected chi connectivity index (χ0v) is 10.8. The number of hydrogen-bond donors (Lipinski definition) is 1. The van der Waals surface area contributed by atoms with Gasteiger partial charge in [-0.05, 0) is 23.5 Å². The molecule has 0 radical (unpaired) electrons. The molecule has 0 heterocycles. The minimum absolute atomic E-state index is 0.281. The first-order valence-corrected chi connectivity index (χ1v) is 5.83. The lowest BCUT2D eigenvalue weighted by atomic mass is 9.82. The van der Waals surface area contributed by atoms with E-state index in [1.807, 2.05) is 0 Å². The first-order chi connectivity index (χ1) is 6.52. The zero-order valence-electron chi connectivity index (χ0n) is 9.88. The Hall–Kier alpha value is 0.270. The van der Waals surface area contributed by atoms with Crippen molar-refractivity contribution in [3.8, 4) is 0 Å². The normalized spacial score (nSPS) is 14.4. The maximum absolute atomic E-state index is 5.59. The highest BCUT2D eigenvalue weighted by molar-refractivity contribution is 7.80. The van der Waals surface area contributed by atoms with Crippen LogP contribution in [0, 0.1) is 11.3 Å². The van der Waals surface area contributed by atoms with E-state index in [2.05, 4.69) is 33.4 Å². The standard InChI is InChI=1S/C11H24O2S/c1-11(2,3)10(9-14)8-13-7-5-6-12-4/h10,14H,5-9H2,1-4H3. The molecular weight excluding hydrogens is 196 g/mol. The molecular formula is C11H24O2S. The molecule has 0 aliphatic carbocycles. The second-order valence-corrected chi connectivity index (χ2v) is 5.03. The van der Waals surface area contributed by atoms with Crippen LogP contribution >= 0.6 is 12.6 Å². The Morgan fingerprint density at radius 3 is 2.29 bits per heavy atom. The molecule has 0 saturated heterocycles. The summed E-state index contributed by atoms with van der Waals surface area (Å²) >= 11 is 4.35. The lowest BCUT2D eigenvalue weighted by molar-refractivity contribution is 0.0535. The second-order valence-electron chi connectivity index (χ2n) is 4.67. The topological polar surface area (TPSA) is 18.5 Å². The van der Waals surface area contributed by atoms with Crippen LogP contribution in [0.1, 0.15) is 27.2 Å². The molecule has 0 N–H and O–H groups in total. The fourth-order valence-corrected chi connectivity index (χ4v) is 1.76. The molecule has 0 aromatic heterocycles. The van der Waals surface area contributed by atoms with Crippen molar-refractivity contribution in [1.29, 1.82) is 0 Å². The van der Waals surface area contributed by atoms with Gasteiger partial charge in [0.25, 0.3) is 0 Å². The highest BCUT2D eigenvalue weighted by atomic mass is 32.1. The predicted molar refractivity (Wildman–Crippen MR) is 64.1 cm³/mol. The van der Waals surface area contributed by atoms with Crippen LogP contribution < -0.4 is 0 Å². The van der Waals surface area contributed by atoms with Gasteiger partial charge in [-0.3, -0.25) is 0 Å². The Kier molecular flexibility index (Phi) is 7.69.